The van der Waals surface area contributed by atoms with Crippen LogP contribution in [0, 0.1) is 5.82 Å². The third kappa shape index (κ3) is 3.81. The highest BCUT2D eigenvalue weighted by Gasteiger charge is 2.31. The van der Waals surface area contributed by atoms with Crippen LogP contribution in [0.15, 0.2) is 48.7 Å². The Kier molecular flexibility index (Phi) is 5.48. The van der Waals surface area contributed by atoms with E-state index < -0.39 is 11.7 Å². The fourth-order valence-electron chi connectivity index (χ4n) is 5.06. The lowest BCUT2D eigenvalue weighted by atomic mass is 9.96. The van der Waals surface area contributed by atoms with Crippen LogP contribution in [0.4, 0.5) is 10.1 Å². The Morgan fingerprint density at radius 2 is 1.82 bits per heavy atom. The van der Waals surface area contributed by atoms with E-state index in [9.17, 15) is 18.8 Å². The molecule has 1 fully saturated rings. The number of para-hydroxylation sites is 1. The zero-order valence-corrected chi connectivity index (χ0v) is 18.6. The lowest BCUT2D eigenvalue weighted by Crippen LogP contribution is -2.43. The van der Waals surface area contributed by atoms with Gasteiger partial charge in [0.1, 0.15) is 12.4 Å². The SMILES string of the molecule is C[C@H]1CCc2cc(F)ccc2N1C(=O)Cn1cc(C(=O)C(=O)N2CCCC2)c2ccccc21. The Hall–Kier alpha value is -3.48. The monoisotopic (exact) mass is 447 g/mol. The van der Waals surface area contributed by atoms with Gasteiger partial charge in [-0.15, -0.1) is 0 Å². The number of hydrogen-bond acceptors (Lipinski definition) is 3. The second kappa shape index (κ2) is 8.46. The summed E-state index contributed by atoms with van der Waals surface area (Å²) in [5.41, 5.74) is 2.61. The molecule has 5 rings (SSSR count). The molecule has 33 heavy (non-hydrogen) atoms. The quantitative estimate of drug-likeness (QED) is 0.449. The van der Waals surface area contributed by atoms with Crippen LogP contribution in [-0.2, 0) is 22.6 Å². The molecule has 170 valence electrons. The third-order valence-corrected chi connectivity index (χ3v) is 6.77. The lowest BCUT2D eigenvalue weighted by molar-refractivity contribution is -0.125. The van der Waals surface area contributed by atoms with Crippen molar-refractivity contribution >= 4 is 34.2 Å². The number of Topliss-reactive ketones (excluding diaryl/α,β-unsaturated/α-hetero) is 1. The van der Waals surface area contributed by atoms with Crippen molar-refractivity contribution in [1.29, 1.82) is 0 Å². The molecule has 0 unspecified atom stereocenters. The molecule has 1 aromatic heterocycles. The molecule has 0 N–H and O–H groups in total. The summed E-state index contributed by atoms with van der Waals surface area (Å²) in [4.78, 5) is 42.6. The van der Waals surface area contributed by atoms with Gasteiger partial charge in [0.2, 0.25) is 5.91 Å². The number of likely N-dealkylation sites (tertiary alicyclic amines) is 1. The molecule has 2 aromatic carbocycles. The van der Waals surface area contributed by atoms with E-state index in [2.05, 4.69) is 0 Å². The number of aromatic nitrogens is 1. The second-order valence-corrected chi connectivity index (χ2v) is 8.94. The van der Waals surface area contributed by atoms with Crippen LogP contribution in [0.2, 0.25) is 0 Å². The van der Waals surface area contributed by atoms with Crippen molar-refractivity contribution in [3.8, 4) is 0 Å². The molecule has 1 saturated heterocycles. The zero-order chi connectivity index (χ0) is 23.1. The molecule has 2 aliphatic rings. The summed E-state index contributed by atoms with van der Waals surface area (Å²) >= 11 is 0. The summed E-state index contributed by atoms with van der Waals surface area (Å²) < 4.78 is 15.5. The van der Waals surface area contributed by atoms with Gasteiger partial charge in [0.25, 0.3) is 11.7 Å². The van der Waals surface area contributed by atoms with Gasteiger partial charge in [0.05, 0.1) is 5.56 Å². The molecule has 0 radical (unpaired) electrons. The zero-order valence-electron chi connectivity index (χ0n) is 18.6. The highest BCUT2D eigenvalue weighted by molar-refractivity contribution is 6.45. The van der Waals surface area contributed by atoms with Crippen LogP contribution in [0.3, 0.4) is 0 Å². The maximum atomic E-state index is 13.7. The van der Waals surface area contributed by atoms with Gasteiger partial charge in [0.15, 0.2) is 0 Å². The van der Waals surface area contributed by atoms with Gasteiger partial charge in [0, 0.05) is 41.9 Å². The normalized spacial score (nSPS) is 17.9. The minimum absolute atomic E-state index is 0.0184. The molecule has 0 bridgehead atoms. The molecule has 2 aliphatic heterocycles. The van der Waals surface area contributed by atoms with Crippen LogP contribution in [0.5, 0.6) is 0 Å². The first kappa shape index (κ1) is 21.4. The Balaban J connectivity index is 1.47. The maximum absolute atomic E-state index is 13.7. The van der Waals surface area contributed by atoms with Gasteiger partial charge in [-0.1, -0.05) is 18.2 Å². The lowest BCUT2D eigenvalue weighted by Gasteiger charge is -2.35. The number of rotatable bonds is 4. The first-order valence-electron chi connectivity index (χ1n) is 11.5. The topological polar surface area (TPSA) is 62.6 Å². The molecule has 2 amide bonds. The average molecular weight is 448 g/mol. The van der Waals surface area contributed by atoms with Crippen molar-refractivity contribution in [2.45, 2.75) is 45.2 Å². The Morgan fingerprint density at radius 1 is 1.06 bits per heavy atom. The van der Waals surface area contributed by atoms with Gasteiger partial charge in [-0.2, -0.15) is 0 Å². The van der Waals surface area contributed by atoms with Crippen LogP contribution < -0.4 is 4.90 Å². The highest BCUT2D eigenvalue weighted by atomic mass is 19.1. The van der Waals surface area contributed by atoms with Crippen LogP contribution in [0.25, 0.3) is 10.9 Å². The van der Waals surface area contributed by atoms with Crippen LogP contribution >= 0.6 is 0 Å². The number of fused-ring (bicyclic) bond motifs is 2. The molecule has 0 aliphatic carbocycles. The van der Waals surface area contributed by atoms with Gasteiger partial charge in [-0.05, 0) is 62.4 Å². The summed E-state index contributed by atoms with van der Waals surface area (Å²) in [6, 6.07) is 11.8. The Labute approximate surface area is 191 Å². The number of anilines is 1. The second-order valence-electron chi connectivity index (χ2n) is 8.94. The number of carbonyl (C=O) groups excluding carboxylic acids is 3. The number of carbonyl (C=O) groups is 3. The summed E-state index contributed by atoms with van der Waals surface area (Å²) in [6.07, 6.45) is 4.92. The van der Waals surface area contributed by atoms with Crippen molar-refractivity contribution in [3.05, 3.63) is 65.6 Å². The molecular formula is C26H26FN3O3. The van der Waals surface area contributed by atoms with Crippen molar-refractivity contribution in [2.75, 3.05) is 18.0 Å². The first-order chi connectivity index (χ1) is 15.9. The number of halogens is 1. The van der Waals surface area contributed by atoms with E-state index in [1.807, 2.05) is 31.2 Å². The van der Waals surface area contributed by atoms with E-state index in [0.29, 0.717) is 24.0 Å². The van der Waals surface area contributed by atoms with Crippen molar-refractivity contribution in [3.63, 3.8) is 0 Å². The third-order valence-electron chi connectivity index (χ3n) is 6.77. The number of ketones is 1. The standard InChI is InChI=1S/C26H26FN3O3/c1-17-8-9-18-14-19(27)10-11-22(18)30(17)24(31)16-29-15-21(20-6-2-3-7-23(20)29)25(32)26(33)28-12-4-5-13-28/h2-3,6-7,10-11,14-15,17H,4-5,8-9,12-13,16H2,1H3/t17-/m0/s1. The smallest absolute Gasteiger partial charge is 0.295 e. The molecule has 0 spiro atoms. The largest absolute Gasteiger partial charge is 0.337 e. The highest BCUT2D eigenvalue weighted by Crippen LogP contribution is 2.32. The molecule has 3 aromatic rings. The van der Waals surface area contributed by atoms with E-state index >= 15 is 0 Å². The van der Waals surface area contributed by atoms with E-state index in [4.69, 9.17) is 0 Å². The summed E-state index contributed by atoms with van der Waals surface area (Å²) in [5, 5.41) is 0.664. The van der Waals surface area contributed by atoms with E-state index in [-0.39, 0.29) is 24.3 Å². The van der Waals surface area contributed by atoms with Crippen LogP contribution in [-0.4, -0.2) is 46.2 Å². The first-order valence-corrected chi connectivity index (χ1v) is 11.5. The Morgan fingerprint density at radius 3 is 2.61 bits per heavy atom. The van der Waals surface area contributed by atoms with Crippen molar-refractivity contribution in [1.82, 2.24) is 9.47 Å². The van der Waals surface area contributed by atoms with Crippen LogP contribution in [0.1, 0.15) is 42.1 Å². The maximum Gasteiger partial charge on any atom is 0.295 e. The number of aryl methyl sites for hydroxylation is 1. The van der Waals surface area contributed by atoms with E-state index in [1.54, 1.807) is 26.6 Å². The molecule has 1 atom stereocenters. The fraction of sp³-hybridized carbons (Fsp3) is 0.346. The molecule has 3 heterocycles. The van der Waals surface area contributed by atoms with Gasteiger partial charge in [-0.3, -0.25) is 14.4 Å². The fourth-order valence-corrected chi connectivity index (χ4v) is 5.06. The van der Waals surface area contributed by atoms with Gasteiger partial charge < -0.3 is 14.4 Å². The Bertz CT molecular complexity index is 1260. The predicted molar refractivity (Wildman–Crippen MR) is 124 cm³/mol. The summed E-state index contributed by atoms with van der Waals surface area (Å²) in [6.45, 7) is 3.22. The van der Waals surface area contributed by atoms with Crippen molar-refractivity contribution < 1.29 is 18.8 Å². The molecule has 0 saturated carbocycles. The predicted octanol–water partition coefficient (Wildman–Crippen LogP) is 3.95. The average Bonchev–Trinajstić information content (AvgIpc) is 3.47. The van der Waals surface area contributed by atoms with Gasteiger partial charge >= 0.3 is 0 Å². The minimum Gasteiger partial charge on any atom is -0.337 e. The summed E-state index contributed by atoms with van der Waals surface area (Å²) in [5.74, 6) is -1.47. The van der Waals surface area contributed by atoms with Gasteiger partial charge in [-0.25, -0.2) is 4.39 Å². The summed E-state index contributed by atoms with van der Waals surface area (Å²) in [7, 11) is 0. The number of amides is 2. The van der Waals surface area contributed by atoms with E-state index in [1.165, 1.54) is 12.1 Å². The minimum atomic E-state index is -0.536. The molecular weight excluding hydrogens is 421 g/mol. The molecule has 6 nitrogen and oxygen atoms in total. The van der Waals surface area contributed by atoms with Crippen molar-refractivity contribution in [2.24, 2.45) is 0 Å². The number of benzene rings is 2. The van der Waals surface area contributed by atoms with E-state index in [0.717, 1.165) is 42.5 Å². The number of nitrogens with zero attached hydrogens (tertiary/aromatic N) is 3. The molecule has 7 heteroatoms. The number of hydrogen-bond donors (Lipinski definition) is 0.